The number of anilines is 1. The lowest BCUT2D eigenvalue weighted by molar-refractivity contribution is -0.124. The molecular weight excluding hydrogens is 320 g/mol. The van der Waals surface area contributed by atoms with Crippen molar-refractivity contribution in [3.63, 3.8) is 0 Å². The minimum absolute atomic E-state index is 0. The van der Waals surface area contributed by atoms with E-state index in [2.05, 4.69) is 5.32 Å². The number of hydrogen-bond acceptors (Lipinski definition) is 5. The molecule has 1 aromatic carbocycles. The molecule has 128 valence electrons. The molecule has 1 aromatic rings. The molecule has 0 radical (unpaired) electrons. The van der Waals surface area contributed by atoms with Crippen LogP contribution in [0.2, 0.25) is 0 Å². The number of halogens is 1. The summed E-state index contributed by atoms with van der Waals surface area (Å²) in [5.41, 5.74) is 7.95. The summed E-state index contributed by atoms with van der Waals surface area (Å²) >= 11 is 0. The number of methoxy groups -OCH3 is 1. The number of rotatable bonds is 3. The average molecular weight is 343 g/mol. The maximum absolute atomic E-state index is 12.4. The summed E-state index contributed by atoms with van der Waals surface area (Å²) in [6, 6.07) is 3.44. The molecule has 0 atom stereocenters. The second kappa shape index (κ2) is 7.77. The van der Waals surface area contributed by atoms with Gasteiger partial charge in [-0.05, 0) is 49.9 Å². The van der Waals surface area contributed by atoms with Crippen LogP contribution in [0.5, 0.6) is 0 Å². The van der Waals surface area contributed by atoms with Crippen LogP contribution < -0.4 is 11.1 Å². The molecule has 0 aliphatic carbocycles. The van der Waals surface area contributed by atoms with Crippen molar-refractivity contribution in [3.8, 4) is 0 Å². The maximum Gasteiger partial charge on any atom is 0.338 e. The SMILES string of the molecule is COC(=O)c1cc(NC(=O)C2(N)CCOCC2)cc(C)c1C.Cl. The largest absolute Gasteiger partial charge is 0.465 e. The Morgan fingerprint density at radius 3 is 2.43 bits per heavy atom. The summed E-state index contributed by atoms with van der Waals surface area (Å²) in [6.45, 7) is 4.68. The summed E-state index contributed by atoms with van der Waals surface area (Å²) in [5, 5.41) is 2.81. The molecule has 0 saturated carbocycles. The van der Waals surface area contributed by atoms with Gasteiger partial charge >= 0.3 is 5.97 Å². The number of hydrogen-bond donors (Lipinski definition) is 2. The molecule has 6 nitrogen and oxygen atoms in total. The first-order valence-electron chi connectivity index (χ1n) is 7.25. The fourth-order valence-corrected chi connectivity index (χ4v) is 2.47. The van der Waals surface area contributed by atoms with E-state index in [-0.39, 0.29) is 18.3 Å². The molecule has 7 heteroatoms. The van der Waals surface area contributed by atoms with Crippen molar-refractivity contribution in [3.05, 3.63) is 28.8 Å². The third-order valence-electron chi connectivity index (χ3n) is 4.17. The topological polar surface area (TPSA) is 90.7 Å². The van der Waals surface area contributed by atoms with Crippen LogP contribution in [-0.4, -0.2) is 37.7 Å². The highest BCUT2D eigenvalue weighted by molar-refractivity contribution is 6.00. The first-order chi connectivity index (χ1) is 10.4. The van der Waals surface area contributed by atoms with Crippen molar-refractivity contribution < 1.29 is 19.1 Å². The molecule has 0 aromatic heterocycles. The van der Waals surface area contributed by atoms with Crippen LogP contribution in [0.4, 0.5) is 5.69 Å². The summed E-state index contributed by atoms with van der Waals surface area (Å²) in [4.78, 5) is 24.2. The van der Waals surface area contributed by atoms with Crippen LogP contribution in [0, 0.1) is 13.8 Å². The lowest BCUT2D eigenvalue weighted by Gasteiger charge is -2.31. The number of aryl methyl sites for hydroxylation is 1. The number of carbonyl (C=O) groups excluding carboxylic acids is 2. The predicted molar refractivity (Wildman–Crippen MR) is 90.1 cm³/mol. The number of benzene rings is 1. The molecule has 3 N–H and O–H groups in total. The summed E-state index contributed by atoms with van der Waals surface area (Å²) in [7, 11) is 1.33. The van der Waals surface area contributed by atoms with E-state index in [9.17, 15) is 9.59 Å². The molecular formula is C16H23ClN2O4. The van der Waals surface area contributed by atoms with E-state index in [0.717, 1.165) is 11.1 Å². The minimum Gasteiger partial charge on any atom is -0.465 e. The average Bonchev–Trinajstić information content (AvgIpc) is 2.50. The quantitative estimate of drug-likeness (QED) is 0.819. The van der Waals surface area contributed by atoms with Crippen molar-refractivity contribution in [1.82, 2.24) is 0 Å². The Bertz CT molecular complexity index is 598. The standard InChI is InChI=1S/C16H22N2O4.ClH/c1-10-8-12(9-13(11(10)2)14(19)21-3)18-15(20)16(17)4-6-22-7-5-16;/h8-9H,4-7,17H2,1-3H3,(H,18,20);1H. The monoisotopic (exact) mass is 342 g/mol. The third-order valence-corrected chi connectivity index (χ3v) is 4.17. The third kappa shape index (κ3) is 4.22. The second-order valence-corrected chi connectivity index (χ2v) is 5.68. The van der Waals surface area contributed by atoms with Gasteiger partial charge < -0.3 is 20.5 Å². The van der Waals surface area contributed by atoms with Gasteiger partial charge in [0.05, 0.1) is 12.7 Å². The minimum atomic E-state index is -0.928. The summed E-state index contributed by atoms with van der Waals surface area (Å²) in [5.74, 6) is -0.680. The molecule has 2 rings (SSSR count). The molecule has 1 aliphatic heterocycles. The lowest BCUT2D eigenvalue weighted by Crippen LogP contribution is -2.54. The van der Waals surface area contributed by atoms with Crippen molar-refractivity contribution in [2.45, 2.75) is 32.2 Å². The van der Waals surface area contributed by atoms with Crippen LogP contribution in [-0.2, 0) is 14.3 Å². The van der Waals surface area contributed by atoms with Crippen molar-refractivity contribution in [2.75, 3.05) is 25.6 Å². The molecule has 1 heterocycles. The molecule has 1 aliphatic rings. The Morgan fingerprint density at radius 1 is 1.26 bits per heavy atom. The van der Waals surface area contributed by atoms with E-state index < -0.39 is 11.5 Å². The smallest absolute Gasteiger partial charge is 0.338 e. The Balaban J connectivity index is 0.00000264. The number of amides is 1. The molecule has 0 spiro atoms. The van der Waals surface area contributed by atoms with Gasteiger partial charge in [-0.15, -0.1) is 12.4 Å². The first-order valence-corrected chi connectivity index (χ1v) is 7.25. The molecule has 1 saturated heterocycles. The van der Waals surface area contributed by atoms with Gasteiger partial charge in [-0.2, -0.15) is 0 Å². The molecule has 0 unspecified atom stereocenters. The highest BCUT2D eigenvalue weighted by Crippen LogP contribution is 2.24. The van der Waals surface area contributed by atoms with Gasteiger partial charge in [0.15, 0.2) is 0 Å². The number of esters is 1. The van der Waals surface area contributed by atoms with Gasteiger partial charge in [0, 0.05) is 18.9 Å². The van der Waals surface area contributed by atoms with Gasteiger partial charge in [0.25, 0.3) is 0 Å². The zero-order valence-corrected chi connectivity index (χ0v) is 14.4. The number of carbonyl (C=O) groups is 2. The fourth-order valence-electron chi connectivity index (χ4n) is 2.47. The van der Waals surface area contributed by atoms with E-state index in [1.807, 2.05) is 19.9 Å². The van der Waals surface area contributed by atoms with Gasteiger partial charge in [-0.25, -0.2) is 4.79 Å². The summed E-state index contributed by atoms with van der Waals surface area (Å²) in [6.07, 6.45) is 0.959. The van der Waals surface area contributed by atoms with Crippen LogP contribution in [0.3, 0.4) is 0 Å². The fraction of sp³-hybridized carbons (Fsp3) is 0.500. The zero-order chi connectivity index (χ0) is 16.3. The Morgan fingerprint density at radius 2 is 1.87 bits per heavy atom. The van der Waals surface area contributed by atoms with E-state index in [1.165, 1.54) is 7.11 Å². The van der Waals surface area contributed by atoms with Gasteiger partial charge in [-0.3, -0.25) is 4.79 Å². The van der Waals surface area contributed by atoms with E-state index in [4.69, 9.17) is 15.2 Å². The Kier molecular flexibility index (Phi) is 6.56. The van der Waals surface area contributed by atoms with Crippen molar-refractivity contribution in [1.29, 1.82) is 0 Å². The predicted octanol–water partition coefficient (Wildman–Crippen LogP) is 1.96. The van der Waals surface area contributed by atoms with Crippen LogP contribution in [0.25, 0.3) is 0 Å². The first kappa shape index (κ1) is 19.4. The van der Waals surface area contributed by atoms with E-state index >= 15 is 0 Å². The van der Waals surface area contributed by atoms with Gasteiger partial charge in [-0.1, -0.05) is 0 Å². The number of nitrogens with one attached hydrogen (secondary N) is 1. The lowest BCUT2D eigenvalue weighted by atomic mass is 9.90. The number of ether oxygens (including phenoxy) is 2. The van der Waals surface area contributed by atoms with Gasteiger partial charge in [0.2, 0.25) is 5.91 Å². The molecule has 1 amide bonds. The molecule has 1 fully saturated rings. The van der Waals surface area contributed by atoms with Crippen LogP contribution in [0.15, 0.2) is 12.1 Å². The normalized spacial score (nSPS) is 16.2. The molecule has 23 heavy (non-hydrogen) atoms. The van der Waals surface area contributed by atoms with E-state index in [1.54, 1.807) is 6.07 Å². The second-order valence-electron chi connectivity index (χ2n) is 5.68. The maximum atomic E-state index is 12.4. The zero-order valence-electron chi connectivity index (χ0n) is 13.6. The Labute approximate surface area is 142 Å². The van der Waals surface area contributed by atoms with E-state index in [0.29, 0.717) is 37.3 Å². The number of nitrogens with two attached hydrogens (primary N) is 1. The molecule has 0 bridgehead atoms. The highest BCUT2D eigenvalue weighted by atomic mass is 35.5. The van der Waals surface area contributed by atoms with Gasteiger partial charge in [0.1, 0.15) is 5.54 Å². The van der Waals surface area contributed by atoms with Crippen LogP contribution in [0.1, 0.15) is 34.3 Å². The summed E-state index contributed by atoms with van der Waals surface area (Å²) < 4.78 is 10.0. The van der Waals surface area contributed by atoms with Crippen molar-refractivity contribution >= 4 is 30.0 Å². The van der Waals surface area contributed by atoms with Crippen molar-refractivity contribution in [2.24, 2.45) is 5.73 Å². The van der Waals surface area contributed by atoms with Crippen LogP contribution >= 0.6 is 12.4 Å². The highest BCUT2D eigenvalue weighted by Gasteiger charge is 2.36. The Hall–Kier alpha value is -1.63.